The SMILES string of the molecule is O=C(Nc1nc2c(s1)CN(S(=O)(=O)c1ccc(N3C(=O)CCC3=O)cc1)CC2)c1ccco1. The zero-order valence-corrected chi connectivity index (χ0v) is 18.8. The van der Waals surface area contributed by atoms with E-state index in [2.05, 4.69) is 10.3 Å². The Labute approximate surface area is 192 Å². The first-order chi connectivity index (χ1) is 15.8. The lowest BCUT2D eigenvalue weighted by molar-refractivity contribution is -0.121. The van der Waals surface area contributed by atoms with E-state index in [0.717, 1.165) is 15.5 Å². The van der Waals surface area contributed by atoms with E-state index in [9.17, 15) is 22.8 Å². The molecule has 10 nitrogen and oxygen atoms in total. The van der Waals surface area contributed by atoms with Gasteiger partial charge in [-0.05, 0) is 36.4 Å². The molecule has 12 heteroatoms. The summed E-state index contributed by atoms with van der Waals surface area (Å²) in [7, 11) is -3.80. The first-order valence-corrected chi connectivity index (χ1v) is 12.4. The second-order valence-corrected chi connectivity index (χ2v) is 10.5. The summed E-state index contributed by atoms with van der Waals surface area (Å²) in [6, 6.07) is 8.90. The average molecular weight is 487 g/mol. The van der Waals surface area contributed by atoms with Crippen molar-refractivity contribution < 1.29 is 27.2 Å². The van der Waals surface area contributed by atoms with Crippen molar-refractivity contribution in [1.29, 1.82) is 0 Å². The lowest BCUT2D eigenvalue weighted by atomic mass is 10.2. The van der Waals surface area contributed by atoms with Crippen molar-refractivity contribution in [3.63, 3.8) is 0 Å². The number of nitrogens with zero attached hydrogens (tertiary/aromatic N) is 3. The average Bonchev–Trinajstić information content (AvgIpc) is 3.53. The Morgan fingerprint density at radius 2 is 1.79 bits per heavy atom. The smallest absolute Gasteiger partial charge is 0.293 e. The van der Waals surface area contributed by atoms with Crippen molar-refractivity contribution >= 4 is 49.9 Å². The quantitative estimate of drug-likeness (QED) is 0.548. The number of carbonyl (C=O) groups excluding carboxylic acids is 3. The van der Waals surface area contributed by atoms with Crippen LogP contribution in [0.5, 0.6) is 0 Å². The van der Waals surface area contributed by atoms with Gasteiger partial charge >= 0.3 is 0 Å². The maximum atomic E-state index is 13.2. The van der Waals surface area contributed by atoms with Crippen LogP contribution in [-0.4, -0.2) is 42.0 Å². The van der Waals surface area contributed by atoms with Crippen molar-refractivity contribution in [2.75, 3.05) is 16.8 Å². The standard InChI is InChI=1S/C21H18N4O6S2/c26-18-7-8-19(27)25(18)13-3-5-14(6-4-13)33(29,30)24-10-9-15-17(12-24)32-21(22-15)23-20(28)16-2-1-11-31-16/h1-6,11H,7-10,12H2,(H,22,23,28). The molecule has 0 saturated carbocycles. The van der Waals surface area contributed by atoms with Crippen LogP contribution in [0.3, 0.4) is 0 Å². The van der Waals surface area contributed by atoms with Crippen molar-refractivity contribution in [2.24, 2.45) is 0 Å². The van der Waals surface area contributed by atoms with E-state index in [1.807, 2.05) is 0 Å². The molecule has 3 amide bonds. The van der Waals surface area contributed by atoms with E-state index in [0.29, 0.717) is 17.2 Å². The van der Waals surface area contributed by atoms with E-state index < -0.39 is 15.9 Å². The molecular formula is C21H18N4O6S2. The fourth-order valence-electron chi connectivity index (χ4n) is 3.78. The number of furan rings is 1. The number of carbonyl (C=O) groups is 3. The summed E-state index contributed by atoms with van der Waals surface area (Å²) in [4.78, 5) is 42.3. The predicted molar refractivity (Wildman–Crippen MR) is 118 cm³/mol. The fraction of sp³-hybridized carbons (Fsp3) is 0.238. The van der Waals surface area contributed by atoms with Gasteiger partial charge in [0.2, 0.25) is 21.8 Å². The van der Waals surface area contributed by atoms with E-state index in [4.69, 9.17) is 4.42 Å². The Hall–Kier alpha value is -3.35. The van der Waals surface area contributed by atoms with E-state index in [1.165, 1.54) is 52.2 Å². The molecular weight excluding hydrogens is 468 g/mol. The van der Waals surface area contributed by atoms with Crippen LogP contribution < -0.4 is 10.2 Å². The van der Waals surface area contributed by atoms with E-state index in [-0.39, 0.29) is 48.4 Å². The molecule has 0 aliphatic carbocycles. The van der Waals surface area contributed by atoms with Gasteiger partial charge in [0, 0.05) is 30.7 Å². The van der Waals surface area contributed by atoms with Crippen LogP contribution in [-0.2, 0) is 32.6 Å². The van der Waals surface area contributed by atoms with Crippen LogP contribution in [0.15, 0.2) is 52.0 Å². The Bertz CT molecular complexity index is 1330. The molecule has 1 fully saturated rings. The number of benzene rings is 1. The van der Waals surface area contributed by atoms with Crippen molar-refractivity contribution in [3.05, 3.63) is 59.0 Å². The Kier molecular flexibility index (Phi) is 5.35. The van der Waals surface area contributed by atoms with Gasteiger partial charge in [-0.1, -0.05) is 0 Å². The number of fused-ring (bicyclic) bond motifs is 1. The molecule has 2 aliphatic rings. The number of imide groups is 1. The predicted octanol–water partition coefficient (Wildman–Crippen LogP) is 2.39. The summed E-state index contributed by atoms with van der Waals surface area (Å²) in [6.07, 6.45) is 2.13. The van der Waals surface area contributed by atoms with E-state index >= 15 is 0 Å². The molecule has 1 saturated heterocycles. The third kappa shape index (κ3) is 3.96. The molecule has 1 aromatic carbocycles. The Morgan fingerprint density at radius 3 is 2.45 bits per heavy atom. The van der Waals surface area contributed by atoms with Gasteiger partial charge in [0.15, 0.2) is 10.9 Å². The monoisotopic (exact) mass is 486 g/mol. The molecule has 33 heavy (non-hydrogen) atoms. The number of hydrogen-bond acceptors (Lipinski definition) is 8. The summed E-state index contributed by atoms with van der Waals surface area (Å²) in [6.45, 7) is 0.381. The minimum Gasteiger partial charge on any atom is -0.459 e. The normalized spacial score (nSPS) is 16.8. The topological polar surface area (TPSA) is 130 Å². The molecule has 0 unspecified atom stereocenters. The highest BCUT2D eigenvalue weighted by Crippen LogP contribution is 2.32. The number of sulfonamides is 1. The second kappa shape index (κ2) is 8.21. The molecule has 2 aliphatic heterocycles. The first-order valence-electron chi connectivity index (χ1n) is 10.1. The number of nitrogens with one attached hydrogen (secondary N) is 1. The highest BCUT2D eigenvalue weighted by Gasteiger charge is 2.33. The minimum atomic E-state index is -3.80. The summed E-state index contributed by atoms with van der Waals surface area (Å²) in [5, 5.41) is 3.05. The largest absolute Gasteiger partial charge is 0.459 e. The van der Waals surface area contributed by atoms with Crippen molar-refractivity contribution in [3.8, 4) is 0 Å². The van der Waals surface area contributed by atoms with Crippen LogP contribution in [0.1, 0.15) is 34.0 Å². The molecule has 5 rings (SSSR count). The molecule has 0 bridgehead atoms. The summed E-state index contributed by atoms with van der Waals surface area (Å²) in [5.74, 6) is -0.850. The van der Waals surface area contributed by atoms with Crippen molar-refractivity contribution in [2.45, 2.75) is 30.7 Å². The van der Waals surface area contributed by atoms with Crippen LogP contribution in [0.25, 0.3) is 0 Å². The van der Waals surface area contributed by atoms with Gasteiger partial charge < -0.3 is 4.42 Å². The zero-order valence-electron chi connectivity index (χ0n) is 17.2. The number of thiazole rings is 1. The molecule has 0 spiro atoms. The van der Waals surface area contributed by atoms with Gasteiger partial charge in [-0.2, -0.15) is 4.31 Å². The number of hydrogen-bond donors (Lipinski definition) is 1. The second-order valence-electron chi connectivity index (χ2n) is 7.53. The highest BCUT2D eigenvalue weighted by molar-refractivity contribution is 7.89. The van der Waals surface area contributed by atoms with Crippen LogP contribution in [0.4, 0.5) is 10.8 Å². The molecule has 2 aromatic heterocycles. The van der Waals surface area contributed by atoms with Gasteiger partial charge in [0.1, 0.15) is 0 Å². The molecule has 3 aromatic rings. The van der Waals surface area contributed by atoms with Gasteiger partial charge in [0.25, 0.3) is 5.91 Å². The van der Waals surface area contributed by atoms with E-state index in [1.54, 1.807) is 6.07 Å². The van der Waals surface area contributed by atoms with Gasteiger partial charge in [-0.15, -0.1) is 11.3 Å². The van der Waals surface area contributed by atoms with Crippen molar-refractivity contribution in [1.82, 2.24) is 9.29 Å². The number of rotatable bonds is 5. The fourth-order valence-corrected chi connectivity index (χ4v) is 6.29. The Balaban J connectivity index is 1.31. The van der Waals surface area contributed by atoms with Crippen LogP contribution >= 0.6 is 11.3 Å². The summed E-state index contributed by atoms with van der Waals surface area (Å²) < 4.78 is 32.8. The van der Waals surface area contributed by atoms with Crippen LogP contribution in [0.2, 0.25) is 0 Å². The lowest BCUT2D eigenvalue weighted by Crippen LogP contribution is -2.35. The number of aromatic nitrogens is 1. The van der Waals surface area contributed by atoms with Crippen LogP contribution in [0, 0.1) is 0 Å². The lowest BCUT2D eigenvalue weighted by Gasteiger charge is -2.25. The summed E-state index contributed by atoms with van der Waals surface area (Å²) in [5.41, 5.74) is 1.12. The number of amides is 3. The third-order valence-corrected chi connectivity index (χ3v) is 8.30. The highest BCUT2D eigenvalue weighted by atomic mass is 32.2. The van der Waals surface area contributed by atoms with Gasteiger partial charge in [-0.25, -0.2) is 13.4 Å². The molecule has 0 atom stereocenters. The van der Waals surface area contributed by atoms with Gasteiger partial charge in [-0.3, -0.25) is 24.6 Å². The maximum absolute atomic E-state index is 13.2. The Morgan fingerprint density at radius 1 is 1.06 bits per heavy atom. The summed E-state index contributed by atoms with van der Waals surface area (Å²) >= 11 is 1.22. The third-order valence-electron chi connectivity index (χ3n) is 5.45. The number of anilines is 2. The molecule has 0 radical (unpaired) electrons. The molecule has 170 valence electrons. The zero-order chi connectivity index (χ0) is 23.2. The molecule has 1 N–H and O–H groups in total. The van der Waals surface area contributed by atoms with Gasteiger partial charge in [0.05, 0.1) is 29.1 Å². The maximum Gasteiger partial charge on any atom is 0.293 e. The molecule has 4 heterocycles. The minimum absolute atomic E-state index is 0.0738. The first kappa shape index (κ1) is 21.5.